The molecule has 0 unspecified atom stereocenters. The van der Waals surface area contributed by atoms with Crippen LogP contribution in [0.15, 0.2) is 52.0 Å². The lowest BCUT2D eigenvalue weighted by atomic mass is 10.1. The number of halogens is 1. The first-order valence-electron chi connectivity index (χ1n) is 5.95. The highest BCUT2D eigenvalue weighted by Crippen LogP contribution is 2.15. The molecule has 2 N–H and O–H groups in total. The average molecular weight is 333 g/mol. The fourth-order valence-electron chi connectivity index (χ4n) is 1.60. The van der Waals surface area contributed by atoms with E-state index >= 15 is 0 Å². The summed E-state index contributed by atoms with van der Waals surface area (Å²) in [5, 5.41) is 13.5. The van der Waals surface area contributed by atoms with E-state index in [0.29, 0.717) is 11.1 Å². The summed E-state index contributed by atoms with van der Waals surface area (Å²) in [6.07, 6.45) is 1.42. The molecule has 0 atom stereocenters. The standard InChI is InChI=1S/C15H13BrN2O2/c1-10-2-7-14(19)12(8-10)9-17-18-15(20)11-3-5-13(16)6-4-11/h2-9,19H,1H3,(H,18,20)/b17-9-. The van der Waals surface area contributed by atoms with Gasteiger partial charge in [0.2, 0.25) is 0 Å². The quantitative estimate of drug-likeness (QED) is 0.669. The third-order valence-corrected chi connectivity index (χ3v) is 3.19. The zero-order valence-corrected chi connectivity index (χ0v) is 12.4. The molecule has 0 aromatic heterocycles. The molecule has 0 saturated heterocycles. The Balaban J connectivity index is 2.04. The van der Waals surface area contributed by atoms with Gasteiger partial charge in [-0.05, 0) is 43.3 Å². The number of hydrogen-bond acceptors (Lipinski definition) is 3. The van der Waals surface area contributed by atoms with Gasteiger partial charge in [0.25, 0.3) is 5.91 Å². The Morgan fingerprint density at radius 2 is 1.95 bits per heavy atom. The Bertz CT molecular complexity index is 651. The molecule has 0 aliphatic carbocycles. The van der Waals surface area contributed by atoms with Gasteiger partial charge in [-0.3, -0.25) is 4.79 Å². The number of aromatic hydroxyl groups is 1. The molecule has 102 valence electrons. The molecule has 0 saturated carbocycles. The van der Waals surface area contributed by atoms with Crippen molar-refractivity contribution in [2.45, 2.75) is 6.92 Å². The van der Waals surface area contributed by atoms with Gasteiger partial charge in [-0.1, -0.05) is 27.6 Å². The Hall–Kier alpha value is -2.14. The van der Waals surface area contributed by atoms with Crippen molar-refractivity contribution in [2.24, 2.45) is 5.10 Å². The van der Waals surface area contributed by atoms with Gasteiger partial charge in [0, 0.05) is 15.6 Å². The van der Waals surface area contributed by atoms with Crippen LogP contribution in [0.5, 0.6) is 5.75 Å². The predicted molar refractivity (Wildman–Crippen MR) is 82.0 cm³/mol. The highest BCUT2D eigenvalue weighted by molar-refractivity contribution is 9.10. The number of nitrogens with zero attached hydrogens (tertiary/aromatic N) is 1. The minimum atomic E-state index is -0.305. The maximum atomic E-state index is 11.8. The van der Waals surface area contributed by atoms with Crippen LogP contribution < -0.4 is 5.43 Å². The van der Waals surface area contributed by atoms with E-state index in [1.807, 2.05) is 6.92 Å². The third kappa shape index (κ3) is 3.68. The summed E-state index contributed by atoms with van der Waals surface area (Å²) in [5.74, 6) is -0.182. The topological polar surface area (TPSA) is 61.7 Å². The minimum Gasteiger partial charge on any atom is -0.507 e. The summed E-state index contributed by atoms with van der Waals surface area (Å²) in [6.45, 7) is 1.91. The lowest BCUT2D eigenvalue weighted by Crippen LogP contribution is -2.17. The summed E-state index contributed by atoms with van der Waals surface area (Å²) in [6, 6.07) is 12.1. The lowest BCUT2D eigenvalue weighted by Gasteiger charge is -2.01. The van der Waals surface area contributed by atoms with Crippen LogP contribution >= 0.6 is 15.9 Å². The highest BCUT2D eigenvalue weighted by atomic mass is 79.9. The molecule has 1 amide bonds. The average Bonchev–Trinajstić information content (AvgIpc) is 2.43. The third-order valence-electron chi connectivity index (χ3n) is 2.66. The lowest BCUT2D eigenvalue weighted by molar-refractivity contribution is 0.0955. The molecule has 2 rings (SSSR count). The number of rotatable bonds is 3. The fraction of sp³-hybridized carbons (Fsp3) is 0.0667. The SMILES string of the molecule is Cc1ccc(O)c(/C=N\NC(=O)c2ccc(Br)cc2)c1. The van der Waals surface area contributed by atoms with Gasteiger partial charge in [0.05, 0.1) is 6.21 Å². The highest BCUT2D eigenvalue weighted by Gasteiger charge is 2.03. The molecule has 0 aliphatic rings. The van der Waals surface area contributed by atoms with Crippen LogP contribution in [0.25, 0.3) is 0 Å². The van der Waals surface area contributed by atoms with Crippen LogP contribution in [0.2, 0.25) is 0 Å². The molecular formula is C15H13BrN2O2. The molecule has 0 spiro atoms. The number of phenols is 1. The maximum Gasteiger partial charge on any atom is 0.271 e. The second-order valence-corrected chi connectivity index (χ2v) is 5.18. The molecule has 2 aromatic rings. The van der Waals surface area contributed by atoms with Crippen molar-refractivity contribution < 1.29 is 9.90 Å². The normalized spacial score (nSPS) is 10.7. The molecule has 4 nitrogen and oxygen atoms in total. The van der Waals surface area contributed by atoms with Gasteiger partial charge in [0.15, 0.2) is 0 Å². The molecule has 2 aromatic carbocycles. The number of carbonyl (C=O) groups is 1. The number of hydrazone groups is 1. The minimum absolute atomic E-state index is 0.122. The first-order valence-corrected chi connectivity index (χ1v) is 6.74. The second-order valence-electron chi connectivity index (χ2n) is 4.27. The van der Waals surface area contributed by atoms with Crippen LogP contribution in [-0.4, -0.2) is 17.2 Å². The predicted octanol–water partition coefficient (Wildman–Crippen LogP) is 3.23. The number of nitrogens with one attached hydrogen (secondary N) is 1. The molecule has 0 heterocycles. The van der Waals surface area contributed by atoms with Crippen LogP contribution in [0, 0.1) is 6.92 Å². The Kier molecular flexibility index (Phi) is 4.53. The van der Waals surface area contributed by atoms with Crippen molar-refractivity contribution in [3.05, 3.63) is 63.6 Å². The number of carbonyl (C=O) groups excluding carboxylic acids is 1. The molecule has 20 heavy (non-hydrogen) atoms. The van der Waals surface area contributed by atoms with Crippen molar-refractivity contribution in [1.29, 1.82) is 0 Å². The largest absolute Gasteiger partial charge is 0.507 e. The summed E-state index contributed by atoms with van der Waals surface area (Å²) in [7, 11) is 0. The van der Waals surface area contributed by atoms with Gasteiger partial charge in [0.1, 0.15) is 5.75 Å². The van der Waals surface area contributed by atoms with E-state index in [1.165, 1.54) is 6.21 Å². The first kappa shape index (κ1) is 14.3. The number of phenolic OH excluding ortho intramolecular Hbond substituents is 1. The van der Waals surface area contributed by atoms with Gasteiger partial charge >= 0.3 is 0 Å². The Morgan fingerprint density at radius 1 is 1.25 bits per heavy atom. The summed E-state index contributed by atoms with van der Waals surface area (Å²) in [4.78, 5) is 11.8. The summed E-state index contributed by atoms with van der Waals surface area (Å²) >= 11 is 3.30. The van der Waals surface area contributed by atoms with Crippen molar-refractivity contribution >= 4 is 28.1 Å². The monoisotopic (exact) mass is 332 g/mol. The van der Waals surface area contributed by atoms with E-state index in [9.17, 15) is 9.90 Å². The van der Waals surface area contributed by atoms with Crippen molar-refractivity contribution in [3.8, 4) is 5.75 Å². The van der Waals surface area contributed by atoms with Gasteiger partial charge in [-0.25, -0.2) is 5.43 Å². The maximum absolute atomic E-state index is 11.8. The molecule has 0 fully saturated rings. The van der Waals surface area contributed by atoms with E-state index in [4.69, 9.17) is 0 Å². The molecule has 0 aliphatic heterocycles. The first-order chi connectivity index (χ1) is 9.56. The zero-order chi connectivity index (χ0) is 14.5. The van der Waals surface area contributed by atoms with Crippen LogP contribution in [0.3, 0.4) is 0 Å². The van der Waals surface area contributed by atoms with Gasteiger partial charge < -0.3 is 5.11 Å². The van der Waals surface area contributed by atoms with E-state index in [-0.39, 0.29) is 11.7 Å². The number of hydrogen-bond donors (Lipinski definition) is 2. The van der Waals surface area contributed by atoms with Crippen molar-refractivity contribution in [2.75, 3.05) is 0 Å². The molecule has 5 heteroatoms. The Morgan fingerprint density at radius 3 is 2.65 bits per heavy atom. The zero-order valence-electron chi connectivity index (χ0n) is 10.8. The smallest absolute Gasteiger partial charge is 0.271 e. The van der Waals surface area contributed by atoms with E-state index in [0.717, 1.165) is 10.0 Å². The van der Waals surface area contributed by atoms with Crippen LogP contribution in [0.1, 0.15) is 21.5 Å². The van der Waals surface area contributed by atoms with Crippen molar-refractivity contribution in [1.82, 2.24) is 5.43 Å². The van der Waals surface area contributed by atoms with Crippen LogP contribution in [-0.2, 0) is 0 Å². The molecule has 0 radical (unpaired) electrons. The number of amides is 1. The van der Waals surface area contributed by atoms with E-state index in [1.54, 1.807) is 42.5 Å². The number of benzene rings is 2. The van der Waals surface area contributed by atoms with Gasteiger partial charge in [-0.2, -0.15) is 5.10 Å². The molecular weight excluding hydrogens is 320 g/mol. The number of aryl methyl sites for hydroxylation is 1. The van der Waals surface area contributed by atoms with Gasteiger partial charge in [-0.15, -0.1) is 0 Å². The second kappa shape index (κ2) is 6.34. The van der Waals surface area contributed by atoms with E-state index < -0.39 is 0 Å². The van der Waals surface area contributed by atoms with Crippen LogP contribution in [0.4, 0.5) is 0 Å². The summed E-state index contributed by atoms with van der Waals surface area (Å²) < 4.78 is 0.905. The van der Waals surface area contributed by atoms with E-state index in [2.05, 4.69) is 26.5 Å². The Labute approximate surface area is 125 Å². The molecule has 0 bridgehead atoms. The van der Waals surface area contributed by atoms with Crippen molar-refractivity contribution in [3.63, 3.8) is 0 Å². The fourth-order valence-corrected chi connectivity index (χ4v) is 1.87. The summed E-state index contributed by atoms with van der Waals surface area (Å²) in [5.41, 5.74) is 4.49.